The first kappa shape index (κ1) is 13.8. The van der Waals surface area contributed by atoms with Gasteiger partial charge < -0.3 is 5.73 Å². The number of hydrogen-bond donors (Lipinski definition) is 1. The maximum Gasteiger partial charge on any atom is 0.302 e. The number of amidine groups is 1. The van der Waals surface area contributed by atoms with Gasteiger partial charge in [0.1, 0.15) is 5.84 Å². The van der Waals surface area contributed by atoms with Crippen LogP contribution in [0.25, 0.3) is 0 Å². The summed E-state index contributed by atoms with van der Waals surface area (Å²) in [5.74, 6) is -0.311. The van der Waals surface area contributed by atoms with Gasteiger partial charge in [0.25, 0.3) is 0 Å². The van der Waals surface area contributed by atoms with E-state index in [1.807, 2.05) is 0 Å². The number of nitrogens with zero attached hydrogens (tertiary/aromatic N) is 3. The van der Waals surface area contributed by atoms with Crippen molar-refractivity contribution in [3.05, 3.63) is 37.9 Å². The first-order chi connectivity index (χ1) is 8.36. The van der Waals surface area contributed by atoms with Crippen LogP contribution < -0.4 is 5.73 Å². The lowest BCUT2D eigenvalue weighted by Gasteiger charge is -2.02. The third-order valence-electron chi connectivity index (χ3n) is 2.00. The summed E-state index contributed by atoms with van der Waals surface area (Å²) in [4.78, 5) is 23.9. The number of nitro benzene ring substituents is 2. The number of nitro groups is 2. The van der Waals surface area contributed by atoms with Crippen molar-refractivity contribution in [3.8, 4) is 0 Å². The molecule has 0 atom stereocenters. The van der Waals surface area contributed by atoms with E-state index in [2.05, 4.69) is 4.99 Å². The normalized spacial score (nSPS) is 11.3. The van der Waals surface area contributed by atoms with E-state index in [9.17, 15) is 20.2 Å². The zero-order valence-corrected chi connectivity index (χ0v) is 10.0. The molecule has 96 valence electrons. The number of benzene rings is 1. The van der Waals surface area contributed by atoms with E-state index in [-0.39, 0.29) is 11.7 Å². The molecule has 0 amide bonds. The van der Waals surface area contributed by atoms with E-state index < -0.39 is 26.9 Å². The van der Waals surface area contributed by atoms with Crippen molar-refractivity contribution >= 4 is 34.5 Å². The predicted octanol–water partition coefficient (Wildman–Crippen LogP) is 2.04. The lowest BCUT2D eigenvalue weighted by molar-refractivity contribution is -0.392. The van der Waals surface area contributed by atoms with Crippen molar-refractivity contribution in [2.75, 3.05) is 5.88 Å². The highest BCUT2D eigenvalue weighted by molar-refractivity contribution is 6.28. The van der Waals surface area contributed by atoms with Gasteiger partial charge >= 0.3 is 11.4 Å². The van der Waals surface area contributed by atoms with Gasteiger partial charge in [0.05, 0.1) is 15.7 Å². The Labute approximate surface area is 106 Å². The Balaban J connectivity index is 3.61. The van der Waals surface area contributed by atoms with Gasteiger partial charge in [-0.2, -0.15) is 0 Å². The number of hydrogen-bond acceptors (Lipinski definition) is 5. The van der Waals surface area contributed by atoms with Gasteiger partial charge in [0.15, 0.2) is 0 Å². The second kappa shape index (κ2) is 5.41. The summed E-state index contributed by atoms with van der Waals surface area (Å²) < 4.78 is 0. The molecule has 0 heterocycles. The maximum absolute atomic E-state index is 10.9. The largest absolute Gasteiger partial charge is 0.386 e. The van der Waals surface area contributed by atoms with E-state index in [1.165, 1.54) is 19.1 Å². The van der Waals surface area contributed by atoms with Crippen LogP contribution in [0.3, 0.4) is 0 Å². The molecule has 0 radical (unpaired) electrons. The second-order valence-corrected chi connectivity index (χ2v) is 3.67. The van der Waals surface area contributed by atoms with E-state index in [0.29, 0.717) is 5.56 Å². The summed E-state index contributed by atoms with van der Waals surface area (Å²) in [6.45, 7) is 1.51. The molecule has 9 heteroatoms. The minimum Gasteiger partial charge on any atom is -0.386 e. The lowest BCUT2D eigenvalue weighted by atomic mass is 10.1. The molecule has 2 N–H and O–H groups in total. The van der Waals surface area contributed by atoms with Crippen molar-refractivity contribution in [1.82, 2.24) is 0 Å². The molecule has 0 aliphatic carbocycles. The standard InChI is InChI=1S/C9H9ClN4O4/c1-5-2-6(13(15)16)9(12-8(11)4-10)7(3-5)14(17)18/h2-3H,4H2,1H3,(H2,11,12). The van der Waals surface area contributed by atoms with Crippen molar-refractivity contribution in [2.45, 2.75) is 6.92 Å². The van der Waals surface area contributed by atoms with Crippen LogP contribution >= 0.6 is 11.6 Å². The van der Waals surface area contributed by atoms with Crippen LogP contribution in [0.15, 0.2) is 17.1 Å². The van der Waals surface area contributed by atoms with Crippen LogP contribution in [0.1, 0.15) is 5.56 Å². The molecule has 0 aromatic heterocycles. The number of halogens is 1. The topological polar surface area (TPSA) is 125 Å². The van der Waals surface area contributed by atoms with Gasteiger partial charge in [-0.15, -0.1) is 11.6 Å². The van der Waals surface area contributed by atoms with Crippen LogP contribution in [0.4, 0.5) is 17.1 Å². The molecule has 0 unspecified atom stereocenters. The number of rotatable bonds is 4. The fourth-order valence-electron chi connectivity index (χ4n) is 1.31. The van der Waals surface area contributed by atoms with E-state index in [4.69, 9.17) is 17.3 Å². The number of nitrogens with two attached hydrogens (primary N) is 1. The summed E-state index contributed by atoms with van der Waals surface area (Å²) in [6, 6.07) is 2.38. The van der Waals surface area contributed by atoms with Crippen molar-refractivity contribution < 1.29 is 9.85 Å². The van der Waals surface area contributed by atoms with E-state index in [0.717, 1.165) is 0 Å². The molecular formula is C9H9ClN4O4. The van der Waals surface area contributed by atoms with Gasteiger partial charge in [-0.1, -0.05) is 0 Å². The Bertz CT molecular complexity index is 508. The number of alkyl halides is 1. The molecule has 8 nitrogen and oxygen atoms in total. The fraction of sp³-hybridized carbons (Fsp3) is 0.222. The van der Waals surface area contributed by atoms with E-state index >= 15 is 0 Å². The summed E-state index contributed by atoms with van der Waals surface area (Å²) in [5, 5.41) is 21.7. The molecule has 1 aromatic rings. The quantitative estimate of drug-likeness (QED) is 0.295. The smallest absolute Gasteiger partial charge is 0.302 e. The molecule has 1 rings (SSSR count). The average molecular weight is 273 g/mol. The molecule has 0 aliphatic rings. The number of aryl methyl sites for hydroxylation is 1. The highest BCUT2D eigenvalue weighted by atomic mass is 35.5. The Kier molecular flexibility index (Phi) is 4.16. The molecular weight excluding hydrogens is 264 g/mol. The molecule has 0 bridgehead atoms. The zero-order chi connectivity index (χ0) is 13.9. The minimum atomic E-state index is -0.750. The first-order valence-electron chi connectivity index (χ1n) is 4.69. The molecule has 0 saturated heterocycles. The van der Waals surface area contributed by atoms with Crippen molar-refractivity contribution in [3.63, 3.8) is 0 Å². The van der Waals surface area contributed by atoms with E-state index in [1.54, 1.807) is 0 Å². The molecule has 1 aromatic carbocycles. The minimum absolute atomic E-state index is 0.133. The Hall–Kier alpha value is -2.22. The summed E-state index contributed by atoms with van der Waals surface area (Å²) in [6.07, 6.45) is 0. The molecule has 0 saturated carbocycles. The van der Waals surface area contributed by atoms with Crippen LogP contribution in [0.2, 0.25) is 0 Å². The third-order valence-corrected chi connectivity index (χ3v) is 2.27. The number of aliphatic imine (C=N–C) groups is 1. The highest BCUT2D eigenvalue weighted by Gasteiger charge is 2.25. The average Bonchev–Trinajstić information content (AvgIpc) is 2.29. The Morgan fingerprint density at radius 3 is 2.11 bits per heavy atom. The second-order valence-electron chi connectivity index (χ2n) is 3.40. The zero-order valence-electron chi connectivity index (χ0n) is 9.29. The predicted molar refractivity (Wildman–Crippen MR) is 66.5 cm³/mol. The van der Waals surface area contributed by atoms with Crippen LogP contribution in [-0.2, 0) is 0 Å². The molecule has 0 spiro atoms. The van der Waals surface area contributed by atoms with Crippen LogP contribution in [-0.4, -0.2) is 21.6 Å². The van der Waals surface area contributed by atoms with Gasteiger partial charge in [-0.3, -0.25) is 20.2 Å². The fourth-order valence-corrected chi connectivity index (χ4v) is 1.37. The monoisotopic (exact) mass is 272 g/mol. The molecule has 0 fully saturated rings. The van der Waals surface area contributed by atoms with Crippen LogP contribution in [0.5, 0.6) is 0 Å². The van der Waals surface area contributed by atoms with Crippen molar-refractivity contribution in [1.29, 1.82) is 0 Å². The highest BCUT2D eigenvalue weighted by Crippen LogP contribution is 2.37. The van der Waals surface area contributed by atoms with Gasteiger partial charge in [0, 0.05) is 12.1 Å². The Morgan fingerprint density at radius 2 is 1.78 bits per heavy atom. The van der Waals surface area contributed by atoms with Gasteiger partial charge in [-0.05, 0) is 12.5 Å². The maximum atomic E-state index is 10.9. The lowest BCUT2D eigenvalue weighted by Crippen LogP contribution is -2.12. The summed E-state index contributed by atoms with van der Waals surface area (Å²) in [5.41, 5.74) is 4.39. The van der Waals surface area contributed by atoms with Crippen LogP contribution in [0, 0.1) is 27.2 Å². The van der Waals surface area contributed by atoms with Gasteiger partial charge in [-0.25, -0.2) is 4.99 Å². The third kappa shape index (κ3) is 2.92. The molecule has 0 aliphatic heterocycles. The SMILES string of the molecule is Cc1cc([N+](=O)[O-])c(N=C(N)CCl)c([N+](=O)[O-])c1. The summed E-state index contributed by atoms with van der Waals surface area (Å²) in [7, 11) is 0. The van der Waals surface area contributed by atoms with Crippen molar-refractivity contribution in [2.24, 2.45) is 10.7 Å². The molecule has 18 heavy (non-hydrogen) atoms. The van der Waals surface area contributed by atoms with Gasteiger partial charge in [0.2, 0.25) is 5.69 Å². The summed E-state index contributed by atoms with van der Waals surface area (Å²) >= 11 is 5.40. The first-order valence-corrected chi connectivity index (χ1v) is 5.22. The Morgan fingerprint density at radius 1 is 1.33 bits per heavy atom.